The van der Waals surface area contributed by atoms with Crippen LogP contribution in [-0.2, 0) is 6.54 Å². The van der Waals surface area contributed by atoms with Crippen molar-refractivity contribution in [1.82, 2.24) is 5.32 Å². The van der Waals surface area contributed by atoms with Gasteiger partial charge in [-0.3, -0.25) is 0 Å². The first-order valence-corrected chi connectivity index (χ1v) is 10.8. The van der Waals surface area contributed by atoms with E-state index in [1.54, 1.807) is 17.4 Å². The van der Waals surface area contributed by atoms with Crippen molar-refractivity contribution >= 4 is 22.3 Å². The van der Waals surface area contributed by atoms with Gasteiger partial charge in [0.25, 0.3) is 0 Å². The van der Waals surface area contributed by atoms with Crippen molar-refractivity contribution in [3.05, 3.63) is 104 Å². The fourth-order valence-corrected chi connectivity index (χ4v) is 4.68. The van der Waals surface area contributed by atoms with Gasteiger partial charge in [0, 0.05) is 22.9 Å². The first-order chi connectivity index (χ1) is 14.0. The summed E-state index contributed by atoms with van der Waals surface area (Å²) in [6.07, 6.45) is 0. The predicted molar refractivity (Wildman–Crippen MR) is 121 cm³/mol. The van der Waals surface area contributed by atoms with E-state index in [1.807, 2.05) is 12.1 Å². The Morgan fingerprint density at radius 1 is 1.03 bits per heavy atom. The molecule has 0 fully saturated rings. The zero-order chi connectivity index (χ0) is 20.4. The van der Waals surface area contributed by atoms with E-state index in [2.05, 4.69) is 73.9 Å². The van der Waals surface area contributed by atoms with Crippen LogP contribution in [-0.4, -0.2) is 0 Å². The van der Waals surface area contributed by atoms with Crippen LogP contribution in [0, 0.1) is 6.92 Å². The summed E-state index contributed by atoms with van der Waals surface area (Å²) in [6.45, 7) is 7.03. The topological polar surface area (TPSA) is 42.2 Å². The molecule has 148 valence electrons. The van der Waals surface area contributed by atoms with Crippen molar-refractivity contribution in [1.29, 1.82) is 0 Å². The molecule has 1 N–H and O–H groups in total. The fourth-order valence-electron chi connectivity index (χ4n) is 3.86. The van der Waals surface area contributed by atoms with Crippen molar-refractivity contribution < 1.29 is 4.42 Å². The summed E-state index contributed by atoms with van der Waals surface area (Å²) in [5.74, 6) is 0.412. The maximum absolute atomic E-state index is 12.2. The molecule has 0 saturated carbocycles. The number of fused-ring (bicyclic) bond motifs is 1. The zero-order valence-electron chi connectivity index (χ0n) is 16.9. The Hall–Kier alpha value is -2.69. The first kappa shape index (κ1) is 19.6. The molecular formula is C25H25NO2S. The number of benzene rings is 2. The van der Waals surface area contributed by atoms with E-state index in [-0.39, 0.29) is 11.7 Å². The Balaban J connectivity index is 1.73. The molecule has 29 heavy (non-hydrogen) atoms. The fraction of sp³-hybridized carbons (Fsp3) is 0.240. The van der Waals surface area contributed by atoms with Crippen molar-refractivity contribution in [3.63, 3.8) is 0 Å². The molecule has 0 unspecified atom stereocenters. The van der Waals surface area contributed by atoms with Gasteiger partial charge in [0.1, 0.15) is 5.58 Å². The number of nitrogens with one attached hydrogen (secondary N) is 1. The molecule has 1 atom stereocenters. The molecule has 4 aromatic rings. The summed E-state index contributed by atoms with van der Waals surface area (Å²) < 4.78 is 5.50. The normalized spacial score (nSPS) is 12.6. The molecule has 0 aliphatic carbocycles. The Bertz CT molecular complexity index is 1160. The monoisotopic (exact) mass is 403 g/mol. The van der Waals surface area contributed by atoms with Crippen molar-refractivity contribution in [2.24, 2.45) is 0 Å². The summed E-state index contributed by atoms with van der Waals surface area (Å²) in [4.78, 5) is 13.4. The lowest BCUT2D eigenvalue weighted by atomic mass is 9.94. The van der Waals surface area contributed by atoms with Gasteiger partial charge >= 0.3 is 5.63 Å². The standard InChI is InChI=1S/C25H25NO2S/c1-16(2)20-14-21-19(13-24(27)28-22(21)12-17(20)3)15-26-25(23-10-7-11-29-23)18-8-5-4-6-9-18/h4-14,16,25-26H,15H2,1-3H3/t25-/m1/s1. The van der Waals surface area contributed by atoms with E-state index in [9.17, 15) is 4.79 Å². The predicted octanol–water partition coefficient (Wildman–Crippen LogP) is 6.17. The lowest BCUT2D eigenvalue weighted by Crippen LogP contribution is -2.22. The Morgan fingerprint density at radius 3 is 2.52 bits per heavy atom. The summed E-state index contributed by atoms with van der Waals surface area (Å²) in [5, 5.41) is 6.77. The average molecular weight is 404 g/mol. The summed E-state index contributed by atoms with van der Waals surface area (Å²) >= 11 is 1.73. The minimum Gasteiger partial charge on any atom is -0.423 e. The third kappa shape index (κ3) is 4.19. The van der Waals surface area contributed by atoms with E-state index in [4.69, 9.17) is 4.42 Å². The highest BCUT2D eigenvalue weighted by molar-refractivity contribution is 7.10. The molecule has 0 amide bonds. The minimum absolute atomic E-state index is 0.0773. The quantitative estimate of drug-likeness (QED) is 0.392. The molecule has 0 aliphatic rings. The van der Waals surface area contributed by atoms with Crippen LogP contribution >= 0.6 is 11.3 Å². The third-order valence-corrected chi connectivity index (χ3v) is 6.23. The number of hydrogen-bond acceptors (Lipinski definition) is 4. The van der Waals surface area contributed by atoms with Crippen LogP contribution < -0.4 is 10.9 Å². The Labute approximate surface area is 175 Å². The van der Waals surface area contributed by atoms with Crippen molar-refractivity contribution in [3.8, 4) is 0 Å². The van der Waals surface area contributed by atoms with Gasteiger partial charge in [-0.1, -0.05) is 50.2 Å². The lowest BCUT2D eigenvalue weighted by molar-refractivity contribution is 0.553. The number of aryl methyl sites for hydroxylation is 1. The second-order valence-electron chi connectivity index (χ2n) is 7.69. The highest BCUT2D eigenvalue weighted by atomic mass is 32.1. The molecule has 2 aromatic heterocycles. The maximum atomic E-state index is 12.2. The van der Waals surface area contributed by atoms with Gasteiger partial charge in [-0.2, -0.15) is 0 Å². The Kier molecular flexibility index (Phi) is 5.65. The van der Waals surface area contributed by atoms with E-state index >= 15 is 0 Å². The van der Waals surface area contributed by atoms with Crippen LogP contribution in [0.15, 0.2) is 75.3 Å². The van der Waals surface area contributed by atoms with Crippen LogP contribution in [0.5, 0.6) is 0 Å². The highest BCUT2D eigenvalue weighted by Gasteiger charge is 2.16. The number of hydrogen-bond donors (Lipinski definition) is 1. The van der Waals surface area contributed by atoms with Gasteiger partial charge in [0.15, 0.2) is 0 Å². The van der Waals surface area contributed by atoms with Crippen LogP contribution in [0.4, 0.5) is 0 Å². The lowest BCUT2D eigenvalue weighted by Gasteiger charge is -2.19. The molecule has 0 aliphatic heterocycles. The van der Waals surface area contributed by atoms with Gasteiger partial charge in [-0.05, 0) is 58.7 Å². The second kappa shape index (κ2) is 8.36. The van der Waals surface area contributed by atoms with Gasteiger partial charge in [0.2, 0.25) is 0 Å². The molecule has 0 radical (unpaired) electrons. The molecule has 4 rings (SSSR count). The van der Waals surface area contributed by atoms with Crippen molar-refractivity contribution in [2.75, 3.05) is 0 Å². The molecule has 3 nitrogen and oxygen atoms in total. The summed E-state index contributed by atoms with van der Waals surface area (Å²) in [5.41, 5.74) is 4.96. The Morgan fingerprint density at radius 2 is 1.83 bits per heavy atom. The molecule has 2 aromatic carbocycles. The molecule has 4 heteroatoms. The smallest absolute Gasteiger partial charge is 0.336 e. The third-order valence-electron chi connectivity index (χ3n) is 5.30. The van der Waals surface area contributed by atoms with Crippen LogP contribution in [0.3, 0.4) is 0 Å². The van der Waals surface area contributed by atoms with Crippen molar-refractivity contribution in [2.45, 2.75) is 39.3 Å². The van der Waals surface area contributed by atoms with Gasteiger partial charge in [-0.25, -0.2) is 4.79 Å². The zero-order valence-corrected chi connectivity index (χ0v) is 17.8. The summed E-state index contributed by atoms with van der Waals surface area (Å²) in [6, 6.07) is 20.5. The molecule has 2 heterocycles. The maximum Gasteiger partial charge on any atom is 0.336 e. The second-order valence-corrected chi connectivity index (χ2v) is 8.67. The molecule has 0 bridgehead atoms. The highest BCUT2D eigenvalue weighted by Crippen LogP contribution is 2.29. The van der Waals surface area contributed by atoms with Crippen LogP contribution in [0.2, 0.25) is 0 Å². The van der Waals surface area contributed by atoms with Gasteiger partial charge in [-0.15, -0.1) is 11.3 Å². The number of rotatable bonds is 6. The average Bonchev–Trinajstić information content (AvgIpc) is 3.22. The largest absolute Gasteiger partial charge is 0.423 e. The van der Waals surface area contributed by atoms with Crippen LogP contribution in [0.1, 0.15) is 52.9 Å². The van der Waals surface area contributed by atoms with E-state index in [0.29, 0.717) is 18.0 Å². The summed E-state index contributed by atoms with van der Waals surface area (Å²) in [7, 11) is 0. The molecule has 0 saturated heterocycles. The van der Waals surface area contributed by atoms with Crippen LogP contribution in [0.25, 0.3) is 11.0 Å². The minimum atomic E-state index is -0.307. The number of thiophene rings is 1. The van der Waals surface area contributed by atoms with Gasteiger partial charge < -0.3 is 9.73 Å². The SMILES string of the molecule is Cc1cc2oc(=O)cc(CN[C@H](c3ccccc3)c3cccs3)c2cc1C(C)C. The molecular weight excluding hydrogens is 378 g/mol. The van der Waals surface area contributed by atoms with E-state index in [1.165, 1.54) is 16.0 Å². The first-order valence-electron chi connectivity index (χ1n) is 9.92. The molecule has 0 spiro atoms. The van der Waals surface area contributed by atoms with E-state index in [0.717, 1.165) is 16.5 Å². The van der Waals surface area contributed by atoms with Gasteiger partial charge in [0.05, 0.1) is 6.04 Å². The van der Waals surface area contributed by atoms with E-state index < -0.39 is 0 Å².